The molecule has 1 aliphatic heterocycles. The minimum Gasteiger partial charge on any atom is -0.357 e. The summed E-state index contributed by atoms with van der Waals surface area (Å²) in [4.78, 5) is 7.30. The highest BCUT2D eigenvalue weighted by atomic mass is 127. The number of hydrogen-bond acceptors (Lipinski definition) is 2. The van der Waals surface area contributed by atoms with E-state index in [2.05, 4.69) is 60.2 Å². The zero-order chi connectivity index (χ0) is 17.2. The number of guanidine groups is 1. The maximum atomic E-state index is 4.72. The van der Waals surface area contributed by atoms with Gasteiger partial charge < -0.3 is 10.6 Å². The van der Waals surface area contributed by atoms with E-state index >= 15 is 0 Å². The molecule has 1 unspecified atom stereocenters. The molecule has 140 valence electrons. The van der Waals surface area contributed by atoms with Crippen LogP contribution in [0.15, 0.2) is 41.9 Å². The summed E-state index contributed by atoms with van der Waals surface area (Å²) in [5.74, 6) is 1.66. The van der Waals surface area contributed by atoms with Gasteiger partial charge in [0.05, 0.1) is 6.54 Å². The molecular weight excluding hydrogens is 423 g/mol. The molecule has 5 heteroatoms. The smallest absolute Gasteiger partial charge is 0.191 e. The minimum atomic E-state index is 0. The van der Waals surface area contributed by atoms with Gasteiger partial charge in [-0.05, 0) is 43.4 Å². The number of benzene rings is 1. The molecule has 1 aromatic carbocycles. The molecule has 0 radical (unpaired) electrons. The lowest BCUT2D eigenvalue weighted by Gasteiger charge is -2.31. The fourth-order valence-corrected chi connectivity index (χ4v) is 3.21. The molecule has 1 aromatic rings. The van der Waals surface area contributed by atoms with Crippen molar-refractivity contribution in [1.82, 2.24) is 15.5 Å². The number of hydrogen-bond donors (Lipinski definition) is 2. The van der Waals surface area contributed by atoms with Crippen LogP contribution in [0, 0.1) is 5.92 Å². The summed E-state index contributed by atoms with van der Waals surface area (Å²) >= 11 is 0. The molecule has 1 fully saturated rings. The van der Waals surface area contributed by atoms with Crippen LogP contribution in [0.5, 0.6) is 0 Å². The quantitative estimate of drug-likeness (QED) is 0.284. The van der Waals surface area contributed by atoms with Gasteiger partial charge in [0.1, 0.15) is 0 Å². The van der Waals surface area contributed by atoms with Crippen molar-refractivity contribution in [3.05, 3.63) is 48.0 Å². The van der Waals surface area contributed by atoms with Gasteiger partial charge in [-0.3, -0.25) is 4.90 Å². The first-order chi connectivity index (χ1) is 11.7. The third-order valence-corrected chi connectivity index (χ3v) is 4.42. The van der Waals surface area contributed by atoms with E-state index in [1.165, 1.54) is 37.1 Å². The Morgan fingerprint density at radius 2 is 2.08 bits per heavy atom. The van der Waals surface area contributed by atoms with E-state index in [4.69, 9.17) is 4.99 Å². The molecule has 0 aliphatic carbocycles. The Bertz CT molecular complexity index is 544. The first kappa shape index (κ1) is 22.0. The van der Waals surface area contributed by atoms with Crippen molar-refractivity contribution in [2.75, 3.05) is 26.2 Å². The summed E-state index contributed by atoms with van der Waals surface area (Å²) in [6.07, 6.45) is 4.53. The fraction of sp³-hybridized carbons (Fsp3) is 0.550. The van der Waals surface area contributed by atoms with Crippen molar-refractivity contribution in [2.24, 2.45) is 10.9 Å². The average Bonchev–Trinajstić information content (AvgIpc) is 2.58. The second-order valence-corrected chi connectivity index (χ2v) is 6.62. The van der Waals surface area contributed by atoms with Gasteiger partial charge in [0, 0.05) is 26.2 Å². The summed E-state index contributed by atoms with van der Waals surface area (Å²) in [5, 5.41) is 6.53. The van der Waals surface area contributed by atoms with E-state index in [0.29, 0.717) is 6.54 Å². The lowest BCUT2D eigenvalue weighted by atomic mass is 9.99. The molecule has 4 nitrogen and oxygen atoms in total. The third kappa shape index (κ3) is 7.77. The fourth-order valence-electron chi connectivity index (χ4n) is 3.21. The average molecular weight is 456 g/mol. The number of aliphatic imine (C=N–C) groups is 1. The molecule has 0 amide bonds. The Labute approximate surface area is 170 Å². The monoisotopic (exact) mass is 456 g/mol. The second kappa shape index (κ2) is 12.3. The molecular formula is C20H33IN4. The molecule has 25 heavy (non-hydrogen) atoms. The zero-order valence-corrected chi connectivity index (χ0v) is 18.0. The van der Waals surface area contributed by atoms with Crippen LogP contribution in [-0.2, 0) is 13.1 Å². The highest BCUT2D eigenvalue weighted by Gasteiger charge is 2.17. The van der Waals surface area contributed by atoms with Crippen molar-refractivity contribution in [1.29, 1.82) is 0 Å². The van der Waals surface area contributed by atoms with Gasteiger partial charge >= 0.3 is 0 Å². The van der Waals surface area contributed by atoms with Gasteiger partial charge in [-0.1, -0.05) is 37.3 Å². The van der Waals surface area contributed by atoms with E-state index in [9.17, 15) is 0 Å². The first-order valence-corrected chi connectivity index (χ1v) is 9.15. The van der Waals surface area contributed by atoms with Gasteiger partial charge in [-0.2, -0.15) is 0 Å². The van der Waals surface area contributed by atoms with Gasteiger partial charge in [-0.15, -0.1) is 30.6 Å². The largest absolute Gasteiger partial charge is 0.357 e. The standard InChI is InChI=1S/C20H32N4.HI/c1-4-12-22-20(21-5-2)23-14-18-10-6-7-11-19(18)16-24-13-8-9-17(3)15-24;/h4,6-7,10-11,17H,1,5,8-9,12-16H2,2-3H3,(H2,21,22,23);1H. The van der Waals surface area contributed by atoms with Gasteiger partial charge in [-0.25, -0.2) is 4.99 Å². The number of likely N-dealkylation sites (tertiary alicyclic amines) is 1. The van der Waals surface area contributed by atoms with Crippen molar-refractivity contribution < 1.29 is 0 Å². The number of nitrogens with zero attached hydrogens (tertiary/aromatic N) is 2. The highest BCUT2D eigenvalue weighted by Crippen LogP contribution is 2.19. The highest BCUT2D eigenvalue weighted by molar-refractivity contribution is 14.0. The summed E-state index contributed by atoms with van der Waals surface area (Å²) in [6.45, 7) is 13.9. The maximum absolute atomic E-state index is 4.72. The van der Waals surface area contributed by atoms with Crippen molar-refractivity contribution >= 4 is 29.9 Å². The van der Waals surface area contributed by atoms with Gasteiger partial charge in [0.25, 0.3) is 0 Å². The van der Waals surface area contributed by atoms with Crippen LogP contribution < -0.4 is 10.6 Å². The van der Waals surface area contributed by atoms with Gasteiger partial charge in [0.15, 0.2) is 5.96 Å². The Morgan fingerprint density at radius 1 is 1.32 bits per heavy atom. The molecule has 0 spiro atoms. The topological polar surface area (TPSA) is 39.7 Å². The SMILES string of the molecule is C=CCNC(=NCc1ccccc1CN1CCCC(C)C1)NCC.I. The third-order valence-electron chi connectivity index (χ3n) is 4.42. The van der Waals surface area contributed by atoms with Crippen LogP contribution in [0.4, 0.5) is 0 Å². The van der Waals surface area contributed by atoms with E-state index in [-0.39, 0.29) is 24.0 Å². The number of nitrogens with one attached hydrogen (secondary N) is 2. The van der Waals surface area contributed by atoms with Crippen LogP contribution in [0.2, 0.25) is 0 Å². The van der Waals surface area contributed by atoms with Crippen LogP contribution in [0.1, 0.15) is 37.8 Å². The lowest BCUT2D eigenvalue weighted by molar-refractivity contribution is 0.176. The molecule has 1 saturated heterocycles. The van der Waals surface area contributed by atoms with Crippen LogP contribution in [0.3, 0.4) is 0 Å². The van der Waals surface area contributed by atoms with Crippen LogP contribution in [0.25, 0.3) is 0 Å². The van der Waals surface area contributed by atoms with Crippen LogP contribution >= 0.6 is 24.0 Å². The maximum Gasteiger partial charge on any atom is 0.191 e. The van der Waals surface area contributed by atoms with Crippen molar-refractivity contribution in [2.45, 2.75) is 39.8 Å². The molecule has 1 atom stereocenters. The van der Waals surface area contributed by atoms with Crippen molar-refractivity contribution in [3.8, 4) is 0 Å². The molecule has 2 rings (SSSR count). The molecule has 1 heterocycles. The lowest BCUT2D eigenvalue weighted by Crippen LogP contribution is -2.37. The normalized spacial score (nSPS) is 18.3. The van der Waals surface area contributed by atoms with E-state index < -0.39 is 0 Å². The molecule has 0 aromatic heterocycles. The predicted octanol–water partition coefficient (Wildman–Crippen LogP) is 3.78. The molecule has 0 saturated carbocycles. The Balaban J connectivity index is 0.00000312. The summed E-state index contributed by atoms with van der Waals surface area (Å²) in [6, 6.07) is 8.69. The molecule has 1 aliphatic rings. The zero-order valence-electron chi connectivity index (χ0n) is 15.6. The summed E-state index contributed by atoms with van der Waals surface area (Å²) < 4.78 is 0. The Kier molecular flexibility index (Phi) is 10.8. The second-order valence-electron chi connectivity index (χ2n) is 6.62. The summed E-state index contributed by atoms with van der Waals surface area (Å²) in [7, 11) is 0. The first-order valence-electron chi connectivity index (χ1n) is 9.15. The van der Waals surface area contributed by atoms with Crippen LogP contribution in [-0.4, -0.2) is 37.0 Å². The minimum absolute atomic E-state index is 0. The number of rotatable bonds is 7. The van der Waals surface area contributed by atoms with Crippen molar-refractivity contribution in [3.63, 3.8) is 0 Å². The van der Waals surface area contributed by atoms with Gasteiger partial charge in [0.2, 0.25) is 0 Å². The molecule has 2 N–H and O–H groups in total. The number of halogens is 1. The molecule has 0 bridgehead atoms. The number of piperidine rings is 1. The van der Waals surface area contributed by atoms with E-state index in [0.717, 1.165) is 31.5 Å². The van der Waals surface area contributed by atoms with E-state index in [1.54, 1.807) is 0 Å². The summed E-state index contributed by atoms with van der Waals surface area (Å²) in [5.41, 5.74) is 2.71. The van der Waals surface area contributed by atoms with E-state index in [1.807, 2.05) is 6.08 Å². The predicted molar refractivity (Wildman–Crippen MR) is 119 cm³/mol. The Hall–Kier alpha value is -1.08. The Morgan fingerprint density at radius 3 is 2.76 bits per heavy atom.